The fraction of sp³-hybridized carbons (Fsp3) is 0.375. The molecule has 1 aromatic heterocycles. The maximum atomic E-state index is 12.2. The molecule has 0 saturated heterocycles. The van der Waals surface area contributed by atoms with Gasteiger partial charge in [-0.25, -0.2) is 4.68 Å². The molecule has 0 aliphatic heterocycles. The maximum Gasteiger partial charge on any atom is 0.253 e. The van der Waals surface area contributed by atoms with Crippen LogP contribution in [0.2, 0.25) is 0 Å². The standard InChI is InChI=1S/C16H21N3O/c1-11(2)18(5)16(20)14-6-8-15(9-7-14)19-13(4)10-12(3)17-19/h6-11H,1-5H3. The quantitative estimate of drug-likeness (QED) is 0.860. The van der Waals surface area contributed by atoms with Crippen LogP contribution >= 0.6 is 0 Å². The van der Waals surface area contributed by atoms with Gasteiger partial charge in [0.1, 0.15) is 0 Å². The van der Waals surface area contributed by atoms with E-state index < -0.39 is 0 Å². The van der Waals surface area contributed by atoms with Crippen molar-refractivity contribution in [2.24, 2.45) is 0 Å². The Morgan fingerprint density at radius 3 is 2.25 bits per heavy atom. The SMILES string of the molecule is Cc1cc(C)n(-c2ccc(C(=O)N(C)C(C)C)cc2)n1. The molecule has 0 aliphatic rings. The average Bonchev–Trinajstić information content (AvgIpc) is 2.76. The van der Waals surface area contributed by atoms with Gasteiger partial charge in [-0.1, -0.05) is 0 Å². The van der Waals surface area contributed by atoms with Crippen LogP contribution in [0, 0.1) is 13.8 Å². The van der Waals surface area contributed by atoms with Gasteiger partial charge in [0.15, 0.2) is 0 Å². The van der Waals surface area contributed by atoms with Gasteiger partial charge in [-0.2, -0.15) is 5.10 Å². The third-order valence-corrected chi connectivity index (χ3v) is 3.46. The van der Waals surface area contributed by atoms with E-state index in [1.165, 1.54) is 0 Å². The summed E-state index contributed by atoms with van der Waals surface area (Å²) in [7, 11) is 1.82. The van der Waals surface area contributed by atoms with Crippen molar-refractivity contribution in [1.29, 1.82) is 0 Å². The molecule has 1 heterocycles. The Balaban J connectivity index is 2.27. The Morgan fingerprint density at radius 1 is 1.20 bits per heavy atom. The summed E-state index contributed by atoms with van der Waals surface area (Å²) in [5.41, 5.74) is 3.74. The number of aryl methyl sites for hydroxylation is 2. The van der Waals surface area contributed by atoms with Crippen molar-refractivity contribution in [3.05, 3.63) is 47.3 Å². The number of nitrogens with zero attached hydrogens (tertiary/aromatic N) is 3. The molecule has 4 nitrogen and oxygen atoms in total. The Labute approximate surface area is 120 Å². The molecule has 0 atom stereocenters. The van der Waals surface area contributed by atoms with Gasteiger partial charge in [-0.15, -0.1) is 0 Å². The number of carbonyl (C=O) groups is 1. The third kappa shape index (κ3) is 2.74. The first-order chi connectivity index (χ1) is 9.40. The largest absolute Gasteiger partial charge is 0.339 e. The van der Waals surface area contributed by atoms with Crippen LogP contribution in [-0.2, 0) is 0 Å². The first-order valence-electron chi connectivity index (χ1n) is 6.81. The van der Waals surface area contributed by atoms with Gasteiger partial charge in [0.05, 0.1) is 11.4 Å². The highest BCUT2D eigenvalue weighted by atomic mass is 16.2. The van der Waals surface area contributed by atoms with Crippen LogP contribution in [0.3, 0.4) is 0 Å². The van der Waals surface area contributed by atoms with Crippen LogP contribution in [-0.4, -0.2) is 33.7 Å². The van der Waals surface area contributed by atoms with Gasteiger partial charge >= 0.3 is 0 Å². The van der Waals surface area contributed by atoms with E-state index in [0.717, 1.165) is 17.1 Å². The minimum absolute atomic E-state index is 0.0416. The van der Waals surface area contributed by atoms with E-state index in [1.54, 1.807) is 4.90 Å². The molecule has 0 unspecified atom stereocenters. The molecule has 106 valence electrons. The van der Waals surface area contributed by atoms with Gasteiger partial charge in [0.2, 0.25) is 0 Å². The molecular weight excluding hydrogens is 250 g/mol. The zero-order chi connectivity index (χ0) is 14.9. The second-order valence-corrected chi connectivity index (χ2v) is 5.40. The molecule has 0 bridgehead atoms. The minimum atomic E-state index is 0.0416. The summed E-state index contributed by atoms with van der Waals surface area (Å²) in [6.07, 6.45) is 0. The summed E-state index contributed by atoms with van der Waals surface area (Å²) < 4.78 is 1.88. The van der Waals surface area contributed by atoms with Gasteiger partial charge in [-0.05, 0) is 58.0 Å². The van der Waals surface area contributed by atoms with Crippen molar-refractivity contribution in [3.63, 3.8) is 0 Å². The number of carbonyl (C=O) groups excluding carboxylic acids is 1. The molecule has 0 saturated carbocycles. The number of rotatable bonds is 3. The number of amides is 1. The predicted octanol–water partition coefficient (Wildman–Crippen LogP) is 2.97. The fourth-order valence-electron chi connectivity index (χ4n) is 2.07. The number of benzene rings is 1. The van der Waals surface area contributed by atoms with Crippen molar-refractivity contribution in [2.75, 3.05) is 7.05 Å². The van der Waals surface area contributed by atoms with Crippen LogP contribution in [0.5, 0.6) is 0 Å². The second-order valence-electron chi connectivity index (χ2n) is 5.40. The van der Waals surface area contributed by atoms with E-state index in [4.69, 9.17) is 0 Å². The van der Waals surface area contributed by atoms with Crippen molar-refractivity contribution in [1.82, 2.24) is 14.7 Å². The summed E-state index contributed by atoms with van der Waals surface area (Å²) >= 11 is 0. The number of aromatic nitrogens is 2. The summed E-state index contributed by atoms with van der Waals surface area (Å²) in [5, 5.41) is 4.44. The van der Waals surface area contributed by atoms with Crippen molar-refractivity contribution >= 4 is 5.91 Å². The zero-order valence-electron chi connectivity index (χ0n) is 12.7. The molecule has 2 rings (SSSR count). The molecule has 4 heteroatoms. The highest BCUT2D eigenvalue weighted by molar-refractivity contribution is 5.94. The summed E-state index contributed by atoms with van der Waals surface area (Å²) in [6.45, 7) is 7.99. The van der Waals surface area contributed by atoms with Gasteiger partial charge in [0, 0.05) is 24.3 Å². The van der Waals surface area contributed by atoms with Gasteiger partial charge in [0.25, 0.3) is 5.91 Å². The predicted molar refractivity (Wildman–Crippen MR) is 80.3 cm³/mol. The smallest absolute Gasteiger partial charge is 0.253 e. The molecule has 0 N–H and O–H groups in total. The molecule has 2 aromatic rings. The van der Waals surface area contributed by atoms with E-state index in [1.807, 2.05) is 69.8 Å². The number of hydrogen-bond donors (Lipinski definition) is 0. The molecule has 0 aliphatic carbocycles. The van der Waals surface area contributed by atoms with Crippen molar-refractivity contribution in [3.8, 4) is 5.69 Å². The monoisotopic (exact) mass is 271 g/mol. The molecular formula is C16H21N3O. The van der Waals surface area contributed by atoms with Crippen molar-refractivity contribution < 1.29 is 4.79 Å². The number of hydrogen-bond acceptors (Lipinski definition) is 2. The lowest BCUT2D eigenvalue weighted by molar-refractivity contribution is 0.0755. The van der Waals surface area contributed by atoms with E-state index in [-0.39, 0.29) is 11.9 Å². The Kier molecular flexibility index (Phi) is 3.93. The van der Waals surface area contributed by atoms with Gasteiger partial charge in [-0.3, -0.25) is 4.79 Å². The minimum Gasteiger partial charge on any atom is -0.339 e. The van der Waals surface area contributed by atoms with Crippen LogP contribution in [0.4, 0.5) is 0 Å². The summed E-state index contributed by atoms with van der Waals surface area (Å²) in [6, 6.07) is 9.80. The van der Waals surface area contributed by atoms with Crippen LogP contribution in [0.25, 0.3) is 5.69 Å². The van der Waals surface area contributed by atoms with E-state index in [9.17, 15) is 4.79 Å². The molecule has 0 spiro atoms. The van der Waals surface area contributed by atoms with Crippen LogP contribution < -0.4 is 0 Å². The second kappa shape index (κ2) is 5.49. The first kappa shape index (κ1) is 14.3. The highest BCUT2D eigenvalue weighted by Gasteiger charge is 2.14. The first-order valence-corrected chi connectivity index (χ1v) is 6.81. The Bertz CT molecular complexity index is 611. The summed E-state index contributed by atoms with van der Waals surface area (Å²) in [5.74, 6) is 0.0416. The molecule has 1 aromatic carbocycles. The lowest BCUT2D eigenvalue weighted by Gasteiger charge is -2.21. The van der Waals surface area contributed by atoms with Crippen LogP contribution in [0.1, 0.15) is 35.6 Å². The van der Waals surface area contributed by atoms with E-state index in [0.29, 0.717) is 5.56 Å². The zero-order valence-corrected chi connectivity index (χ0v) is 12.7. The Morgan fingerprint density at radius 2 is 1.80 bits per heavy atom. The topological polar surface area (TPSA) is 38.1 Å². The van der Waals surface area contributed by atoms with Crippen LogP contribution in [0.15, 0.2) is 30.3 Å². The molecule has 1 amide bonds. The highest BCUT2D eigenvalue weighted by Crippen LogP contribution is 2.14. The van der Waals surface area contributed by atoms with Gasteiger partial charge < -0.3 is 4.90 Å². The lowest BCUT2D eigenvalue weighted by atomic mass is 10.1. The van der Waals surface area contributed by atoms with E-state index in [2.05, 4.69) is 5.10 Å². The molecule has 20 heavy (non-hydrogen) atoms. The molecule has 0 fully saturated rings. The van der Waals surface area contributed by atoms with Crippen molar-refractivity contribution in [2.45, 2.75) is 33.7 Å². The van der Waals surface area contributed by atoms with E-state index >= 15 is 0 Å². The Hall–Kier alpha value is -2.10. The maximum absolute atomic E-state index is 12.2. The fourth-order valence-corrected chi connectivity index (χ4v) is 2.07. The lowest BCUT2D eigenvalue weighted by Crippen LogP contribution is -2.32. The molecule has 0 radical (unpaired) electrons. The summed E-state index contributed by atoms with van der Waals surface area (Å²) in [4.78, 5) is 13.9. The normalized spacial score (nSPS) is 10.9. The third-order valence-electron chi connectivity index (χ3n) is 3.46. The average molecular weight is 271 g/mol.